The van der Waals surface area contributed by atoms with Crippen LogP contribution in [0.25, 0.3) is 10.9 Å². The lowest BCUT2D eigenvalue weighted by atomic mass is 10.1. The maximum absolute atomic E-state index is 12.4. The zero-order valence-electron chi connectivity index (χ0n) is 15.5. The molecule has 27 heavy (non-hydrogen) atoms. The van der Waals surface area contributed by atoms with Gasteiger partial charge in [0, 0.05) is 30.4 Å². The first kappa shape index (κ1) is 19.1. The van der Waals surface area contributed by atoms with Crippen LogP contribution in [0.1, 0.15) is 28.5 Å². The highest BCUT2D eigenvalue weighted by molar-refractivity contribution is 7.89. The molecule has 7 heteroatoms. The molecule has 0 fully saturated rings. The van der Waals surface area contributed by atoms with Gasteiger partial charge in [-0.05, 0) is 43.2 Å². The van der Waals surface area contributed by atoms with Gasteiger partial charge in [-0.1, -0.05) is 17.7 Å². The Morgan fingerprint density at radius 1 is 1.15 bits per heavy atom. The molecule has 0 bridgehead atoms. The molecule has 1 aromatic heterocycles. The fraction of sp³-hybridized carbons (Fsp3) is 0.250. The summed E-state index contributed by atoms with van der Waals surface area (Å²) in [5.74, 6) is 0.590. The Bertz CT molecular complexity index is 1080. The number of aromatic nitrogens is 1. The Balaban J connectivity index is 1.83. The van der Waals surface area contributed by atoms with Gasteiger partial charge >= 0.3 is 0 Å². The van der Waals surface area contributed by atoms with Crippen molar-refractivity contribution in [2.75, 3.05) is 13.7 Å². The number of carbonyl (C=O) groups excluding carboxylic acids is 1. The van der Waals surface area contributed by atoms with Gasteiger partial charge in [-0.15, -0.1) is 0 Å². The number of H-pyrrole nitrogens is 1. The monoisotopic (exact) mass is 386 g/mol. The van der Waals surface area contributed by atoms with Crippen LogP contribution in [0.4, 0.5) is 0 Å². The number of methoxy groups -OCH3 is 1. The molecule has 3 rings (SSSR count). The molecule has 0 amide bonds. The Kier molecular flexibility index (Phi) is 5.34. The number of hydrogen-bond donors (Lipinski definition) is 2. The summed E-state index contributed by atoms with van der Waals surface area (Å²) in [6.07, 6.45) is 0.395. The number of sulfonamides is 1. The number of Topliss-reactive ketones (excluding diaryl/α,β-unsaturated/α-hetero) is 1. The van der Waals surface area contributed by atoms with Crippen LogP contribution in [0, 0.1) is 6.92 Å². The number of hydrogen-bond acceptors (Lipinski definition) is 4. The Labute approximate surface area is 158 Å². The average molecular weight is 386 g/mol. The summed E-state index contributed by atoms with van der Waals surface area (Å²) in [4.78, 5) is 15.3. The molecule has 2 N–H and O–H groups in total. The summed E-state index contributed by atoms with van der Waals surface area (Å²) in [6.45, 7) is 3.58. The summed E-state index contributed by atoms with van der Waals surface area (Å²) in [7, 11) is -2.01. The number of fused-ring (bicyclic) bond motifs is 1. The van der Waals surface area contributed by atoms with Crippen molar-refractivity contribution in [2.45, 2.75) is 25.2 Å². The molecule has 0 saturated heterocycles. The average Bonchev–Trinajstić information content (AvgIpc) is 3.00. The molecule has 0 aliphatic carbocycles. The van der Waals surface area contributed by atoms with Crippen molar-refractivity contribution in [1.29, 1.82) is 0 Å². The van der Waals surface area contributed by atoms with Crippen molar-refractivity contribution in [2.24, 2.45) is 0 Å². The second kappa shape index (κ2) is 7.54. The zero-order chi connectivity index (χ0) is 19.6. The Morgan fingerprint density at radius 3 is 2.48 bits per heavy atom. The van der Waals surface area contributed by atoms with E-state index in [0.717, 1.165) is 22.0 Å². The molecule has 3 aromatic rings. The highest BCUT2D eigenvalue weighted by atomic mass is 32.2. The van der Waals surface area contributed by atoms with Crippen LogP contribution < -0.4 is 9.46 Å². The lowest BCUT2D eigenvalue weighted by Gasteiger charge is -2.08. The molecule has 0 unspecified atom stereocenters. The number of ether oxygens (including phenoxy) is 1. The molecule has 0 spiro atoms. The van der Waals surface area contributed by atoms with Crippen LogP contribution in [-0.4, -0.2) is 32.8 Å². The van der Waals surface area contributed by atoms with Gasteiger partial charge in [0.05, 0.1) is 17.7 Å². The van der Waals surface area contributed by atoms with Gasteiger partial charge in [0.15, 0.2) is 5.78 Å². The van der Waals surface area contributed by atoms with E-state index < -0.39 is 10.0 Å². The van der Waals surface area contributed by atoms with Crippen molar-refractivity contribution in [3.8, 4) is 5.75 Å². The molecule has 1 heterocycles. The van der Waals surface area contributed by atoms with Gasteiger partial charge in [-0.25, -0.2) is 13.1 Å². The molecule has 0 atom stereocenters. The maximum Gasteiger partial charge on any atom is 0.240 e. The molecular weight excluding hydrogens is 364 g/mol. The molecule has 6 nitrogen and oxygen atoms in total. The predicted octanol–water partition coefficient (Wildman–Crippen LogP) is 3.21. The number of aryl methyl sites for hydroxylation is 1. The third kappa shape index (κ3) is 4.04. The fourth-order valence-corrected chi connectivity index (χ4v) is 4.06. The summed E-state index contributed by atoms with van der Waals surface area (Å²) in [5.41, 5.74) is 3.07. The van der Waals surface area contributed by atoms with Crippen LogP contribution in [0.15, 0.2) is 47.4 Å². The number of aromatic amines is 1. The van der Waals surface area contributed by atoms with Crippen LogP contribution >= 0.6 is 0 Å². The van der Waals surface area contributed by atoms with Gasteiger partial charge < -0.3 is 9.72 Å². The lowest BCUT2D eigenvalue weighted by Crippen LogP contribution is -2.26. The van der Waals surface area contributed by atoms with E-state index >= 15 is 0 Å². The van der Waals surface area contributed by atoms with Crippen molar-refractivity contribution >= 4 is 26.7 Å². The molecule has 0 aliphatic rings. The molecular formula is C20H22N2O4S. The van der Waals surface area contributed by atoms with Crippen LogP contribution in [0.5, 0.6) is 5.75 Å². The third-order valence-electron chi connectivity index (χ3n) is 4.46. The zero-order valence-corrected chi connectivity index (χ0v) is 16.3. The van der Waals surface area contributed by atoms with E-state index in [4.69, 9.17) is 4.74 Å². The fourth-order valence-electron chi connectivity index (χ4n) is 3.03. The van der Waals surface area contributed by atoms with Gasteiger partial charge in [0.2, 0.25) is 10.0 Å². The standard InChI is InChI=1S/C20H22N2O4S/c1-13-4-7-16(8-5-13)27(24,25)21-11-10-18-17-9-6-15(26-3)12-19(17)22-20(18)14(2)23/h4-9,12,21-22H,10-11H2,1-3H3. The first-order valence-corrected chi connectivity index (χ1v) is 10.1. The van der Waals surface area contributed by atoms with E-state index in [1.165, 1.54) is 6.92 Å². The normalized spacial score (nSPS) is 11.7. The summed E-state index contributed by atoms with van der Waals surface area (Å²) in [5, 5.41) is 0.885. The number of ketones is 1. The SMILES string of the molecule is COc1ccc2c(CCNS(=O)(=O)c3ccc(C)cc3)c(C(C)=O)[nH]c2c1. The van der Waals surface area contributed by atoms with Crippen molar-refractivity contribution in [3.63, 3.8) is 0 Å². The number of carbonyl (C=O) groups is 1. The van der Waals surface area contributed by atoms with Gasteiger partial charge in [0.25, 0.3) is 0 Å². The minimum atomic E-state index is -3.59. The second-order valence-corrected chi connectivity index (χ2v) is 8.17. The first-order valence-electron chi connectivity index (χ1n) is 8.57. The topological polar surface area (TPSA) is 88.3 Å². The largest absolute Gasteiger partial charge is 0.497 e. The lowest BCUT2D eigenvalue weighted by molar-refractivity contribution is 0.101. The van der Waals surface area contributed by atoms with Gasteiger partial charge in [-0.3, -0.25) is 4.79 Å². The highest BCUT2D eigenvalue weighted by Gasteiger charge is 2.17. The van der Waals surface area contributed by atoms with Gasteiger partial charge in [-0.2, -0.15) is 0 Å². The van der Waals surface area contributed by atoms with Crippen molar-refractivity contribution in [1.82, 2.24) is 9.71 Å². The smallest absolute Gasteiger partial charge is 0.240 e. The van der Waals surface area contributed by atoms with Crippen molar-refractivity contribution in [3.05, 3.63) is 59.3 Å². The Hall–Kier alpha value is -2.64. The first-order chi connectivity index (χ1) is 12.8. The second-order valence-electron chi connectivity index (χ2n) is 6.41. The van der Waals surface area contributed by atoms with E-state index in [2.05, 4.69) is 9.71 Å². The molecule has 0 radical (unpaired) electrons. The molecule has 0 aliphatic heterocycles. The number of benzene rings is 2. The maximum atomic E-state index is 12.4. The van der Waals surface area contributed by atoms with Crippen LogP contribution in [0.2, 0.25) is 0 Å². The molecule has 2 aromatic carbocycles. The molecule has 142 valence electrons. The molecule has 0 saturated carbocycles. The van der Waals surface area contributed by atoms with Gasteiger partial charge in [0.1, 0.15) is 5.75 Å². The quantitative estimate of drug-likeness (QED) is 0.610. The van der Waals surface area contributed by atoms with Crippen molar-refractivity contribution < 1.29 is 17.9 Å². The van der Waals surface area contributed by atoms with E-state index in [0.29, 0.717) is 17.9 Å². The van der Waals surface area contributed by atoms with E-state index in [1.807, 2.05) is 25.1 Å². The minimum Gasteiger partial charge on any atom is -0.497 e. The minimum absolute atomic E-state index is 0.0958. The number of rotatable bonds is 7. The summed E-state index contributed by atoms with van der Waals surface area (Å²) in [6, 6.07) is 12.2. The predicted molar refractivity (Wildman–Crippen MR) is 105 cm³/mol. The Morgan fingerprint density at radius 2 is 1.85 bits per heavy atom. The van der Waals surface area contributed by atoms with Crippen LogP contribution in [0.3, 0.4) is 0 Å². The summed E-state index contributed by atoms with van der Waals surface area (Å²) >= 11 is 0. The van der Waals surface area contributed by atoms with E-state index in [9.17, 15) is 13.2 Å². The van der Waals surface area contributed by atoms with E-state index in [1.54, 1.807) is 31.4 Å². The van der Waals surface area contributed by atoms with Crippen LogP contribution in [-0.2, 0) is 16.4 Å². The third-order valence-corrected chi connectivity index (χ3v) is 5.94. The van der Waals surface area contributed by atoms with E-state index in [-0.39, 0.29) is 17.2 Å². The highest BCUT2D eigenvalue weighted by Crippen LogP contribution is 2.27. The number of nitrogens with one attached hydrogen (secondary N) is 2. The summed E-state index contributed by atoms with van der Waals surface area (Å²) < 4.78 is 32.7.